The van der Waals surface area contributed by atoms with Gasteiger partial charge in [0, 0.05) is 19.2 Å². The quantitative estimate of drug-likeness (QED) is 0.385. The number of methoxy groups -OCH3 is 1. The lowest BCUT2D eigenvalue weighted by molar-refractivity contribution is -0.125. The van der Waals surface area contributed by atoms with Crippen molar-refractivity contribution in [2.75, 3.05) is 37.9 Å². The van der Waals surface area contributed by atoms with Gasteiger partial charge in [0.1, 0.15) is 18.0 Å². The second-order valence-electron chi connectivity index (χ2n) is 7.94. The van der Waals surface area contributed by atoms with Gasteiger partial charge in [-0.05, 0) is 37.6 Å². The first-order valence-electron chi connectivity index (χ1n) is 10.5. The fourth-order valence-electron chi connectivity index (χ4n) is 4.34. The van der Waals surface area contributed by atoms with Crippen LogP contribution in [0.1, 0.15) is 24.4 Å². The molecule has 2 aromatic carbocycles. The van der Waals surface area contributed by atoms with Crippen LogP contribution in [0.2, 0.25) is 0 Å². The molecule has 2 aliphatic rings. The minimum atomic E-state index is -4.76. The first-order chi connectivity index (χ1) is 15.4. The molecule has 0 aliphatic carbocycles. The predicted molar refractivity (Wildman–Crippen MR) is 115 cm³/mol. The summed E-state index contributed by atoms with van der Waals surface area (Å²) in [5.41, 5.74) is 7.70. The van der Waals surface area contributed by atoms with Crippen LogP contribution in [0.4, 0.5) is 30.2 Å². The standard InChI is InChI=1S/C22H26F3N5O2/c1-31-14-6-5-11-30(12-14)18-13-32-19-10-3-2-7-15(19)21(18)27-16-8-4-9-17(20(16)26)28-29-22(23,24)25/h2-4,7-10,14,18,21,27H,5-6,11-13,26H2,1H3. The average molecular weight is 449 g/mol. The van der Waals surface area contributed by atoms with Crippen LogP contribution in [0, 0.1) is 0 Å². The van der Waals surface area contributed by atoms with Crippen LogP contribution in [0.5, 0.6) is 5.75 Å². The minimum absolute atomic E-state index is 0.0114. The lowest BCUT2D eigenvalue weighted by Crippen LogP contribution is -2.53. The molecule has 0 spiro atoms. The number of anilines is 2. The maximum Gasteiger partial charge on any atom is 0.521 e. The molecule has 0 saturated carbocycles. The SMILES string of the molecule is COC1CCCN(C2COc3ccccc3C2Nc2cccc(N=NC(F)(F)F)c2N)C1. The van der Waals surface area contributed by atoms with Gasteiger partial charge in [-0.1, -0.05) is 29.4 Å². The molecule has 0 bridgehead atoms. The summed E-state index contributed by atoms with van der Waals surface area (Å²) in [6.45, 7) is 2.15. The fourth-order valence-corrected chi connectivity index (χ4v) is 4.34. The second-order valence-corrected chi connectivity index (χ2v) is 7.94. The number of nitrogens with zero attached hydrogens (tertiary/aromatic N) is 3. The summed E-state index contributed by atoms with van der Waals surface area (Å²) in [4.78, 5) is 2.34. The Morgan fingerprint density at radius 3 is 2.78 bits per heavy atom. The summed E-state index contributed by atoms with van der Waals surface area (Å²) in [6.07, 6.45) is -2.59. The minimum Gasteiger partial charge on any atom is -0.491 e. The number of rotatable bonds is 5. The van der Waals surface area contributed by atoms with Crippen molar-refractivity contribution in [3.8, 4) is 5.75 Å². The van der Waals surface area contributed by atoms with Crippen molar-refractivity contribution < 1.29 is 22.6 Å². The highest BCUT2D eigenvalue weighted by atomic mass is 19.4. The highest BCUT2D eigenvalue weighted by Gasteiger charge is 2.37. The third-order valence-corrected chi connectivity index (χ3v) is 5.93. The number of para-hydroxylation sites is 2. The summed E-state index contributed by atoms with van der Waals surface area (Å²) in [7, 11) is 1.72. The van der Waals surface area contributed by atoms with Gasteiger partial charge >= 0.3 is 6.30 Å². The van der Waals surface area contributed by atoms with E-state index in [0.717, 1.165) is 37.2 Å². The largest absolute Gasteiger partial charge is 0.521 e. The van der Waals surface area contributed by atoms with Crippen LogP contribution in [0.3, 0.4) is 0 Å². The zero-order valence-electron chi connectivity index (χ0n) is 17.7. The van der Waals surface area contributed by atoms with Crippen molar-refractivity contribution in [2.45, 2.75) is 37.3 Å². The number of ether oxygens (including phenoxy) is 2. The van der Waals surface area contributed by atoms with Gasteiger partial charge in [0.05, 0.1) is 29.6 Å². The van der Waals surface area contributed by atoms with Crippen LogP contribution >= 0.6 is 0 Å². The van der Waals surface area contributed by atoms with Gasteiger partial charge in [-0.15, -0.1) is 18.3 Å². The lowest BCUT2D eigenvalue weighted by Gasteiger charge is -2.44. The first-order valence-corrected chi connectivity index (χ1v) is 10.5. The van der Waals surface area contributed by atoms with Gasteiger partial charge in [-0.3, -0.25) is 4.90 Å². The number of nitrogen functional groups attached to an aromatic ring is 1. The molecular formula is C22H26F3N5O2. The third-order valence-electron chi connectivity index (χ3n) is 5.93. The van der Waals surface area contributed by atoms with E-state index in [0.29, 0.717) is 12.3 Å². The predicted octanol–water partition coefficient (Wildman–Crippen LogP) is 4.90. The molecule has 3 atom stereocenters. The monoisotopic (exact) mass is 449 g/mol. The maximum absolute atomic E-state index is 12.5. The lowest BCUT2D eigenvalue weighted by atomic mass is 9.92. The number of piperidine rings is 1. The van der Waals surface area contributed by atoms with Crippen molar-refractivity contribution >= 4 is 17.1 Å². The Hall–Kier alpha value is -2.85. The van der Waals surface area contributed by atoms with Crippen LogP contribution in [-0.4, -0.2) is 50.2 Å². The molecule has 32 heavy (non-hydrogen) atoms. The van der Waals surface area contributed by atoms with Crippen molar-refractivity contribution in [1.82, 2.24) is 4.90 Å². The smallest absolute Gasteiger partial charge is 0.491 e. The van der Waals surface area contributed by atoms with Gasteiger partial charge in [0.25, 0.3) is 0 Å². The average Bonchev–Trinajstić information content (AvgIpc) is 2.79. The molecule has 0 aromatic heterocycles. The maximum atomic E-state index is 12.5. The van der Waals surface area contributed by atoms with E-state index in [1.165, 1.54) is 6.07 Å². The van der Waals surface area contributed by atoms with Gasteiger partial charge < -0.3 is 20.5 Å². The number of alkyl halides is 3. The number of azo groups is 1. The molecular weight excluding hydrogens is 423 g/mol. The molecule has 3 unspecified atom stereocenters. The van der Waals surface area contributed by atoms with Crippen molar-refractivity contribution in [3.63, 3.8) is 0 Å². The van der Waals surface area contributed by atoms with Crippen molar-refractivity contribution in [2.24, 2.45) is 10.2 Å². The number of benzene rings is 2. The van der Waals surface area contributed by atoms with E-state index in [1.54, 1.807) is 19.2 Å². The second kappa shape index (κ2) is 9.33. The number of likely N-dealkylation sites (tertiary alicyclic amines) is 1. The molecule has 172 valence electrons. The molecule has 2 aromatic rings. The number of nitrogens with one attached hydrogen (secondary N) is 1. The van der Waals surface area contributed by atoms with E-state index in [1.807, 2.05) is 24.3 Å². The topological polar surface area (TPSA) is 84.5 Å². The Balaban J connectivity index is 1.65. The van der Waals surface area contributed by atoms with Crippen molar-refractivity contribution in [3.05, 3.63) is 48.0 Å². The first kappa shape index (κ1) is 22.3. The van der Waals surface area contributed by atoms with Crippen LogP contribution in [-0.2, 0) is 4.74 Å². The molecule has 1 fully saturated rings. The summed E-state index contributed by atoms with van der Waals surface area (Å²) in [5.74, 6) is 0.771. The molecule has 2 heterocycles. The zero-order chi connectivity index (χ0) is 22.7. The van der Waals surface area contributed by atoms with E-state index >= 15 is 0 Å². The van der Waals surface area contributed by atoms with Crippen LogP contribution < -0.4 is 15.8 Å². The number of fused-ring (bicyclic) bond motifs is 1. The number of hydrogen-bond donors (Lipinski definition) is 2. The Morgan fingerprint density at radius 1 is 1.19 bits per heavy atom. The highest BCUT2D eigenvalue weighted by molar-refractivity contribution is 5.78. The van der Waals surface area contributed by atoms with E-state index < -0.39 is 6.30 Å². The molecule has 2 aliphatic heterocycles. The summed E-state index contributed by atoms with van der Waals surface area (Å²) in [6, 6.07) is 12.3. The Morgan fingerprint density at radius 2 is 2.00 bits per heavy atom. The molecule has 10 heteroatoms. The van der Waals surface area contributed by atoms with E-state index in [9.17, 15) is 13.2 Å². The molecule has 0 radical (unpaired) electrons. The van der Waals surface area contributed by atoms with Gasteiger partial charge in [-0.25, -0.2) is 0 Å². The Labute approximate surface area is 184 Å². The fraction of sp³-hybridized carbons (Fsp3) is 0.455. The Kier molecular flexibility index (Phi) is 6.52. The number of halogens is 3. The molecule has 3 N–H and O–H groups in total. The zero-order valence-corrected chi connectivity index (χ0v) is 17.7. The molecule has 7 nitrogen and oxygen atoms in total. The van der Waals surface area contributed by atoms with Gasteiger partial charge in [-0.2, -0.15) is 0 Å². The molecule has 4 rings (SSSR count). The molecule has 1 saturated heterocycles. The van der Waals surface area contributed by atoms with Gasteiger partial charge in [0.2, 0.25) is 0 Å². The summed E-state index contributed by atoms with van der Waals surface area (Å²) >= 11 is 0. The summed E-state index contributed by atoms with van der Waals surface area (Å²) < 4.78 is 49.1. The Bertz CT molecular complexity index is 969. The van der Waals surface area contributed by atoms with Crippen LogP contribution in [0.15, 0.2) is 52.7 Å². The highest BCUT2D eigenvalue weighted by Crippen LogP contribution is 2.40. The number of hydrogen-bond acceptors (Lipinski definition) is 7. The third kappa shape index (κ3) is 4.97. The summed E-state index contributed by atoms with van der Waals surface area (Å²) in [5, 5.41) is 9.13. The molecule has 0 amide bonds. The van der Waals surface area contributed by atoms with E-state index in [4.69, 9.17) is 15.2 Å². The van der Waals surface area contributed by atoms with Crippen LogP contribution in [0.25, 0.3) is 0 Å². The van der Waals surface area contributed by atoms with Crippen molar-refractivity contribution in [1.29, 1.82) is 0 Å². The van der Waals surface area contributed by atoms with E-state index in [2.05, 4.69) is 20.4 Å². The van der Waals surface area contributed by atoms with E-state index in [-0.39, 0.29) is 29.6 Å². The van der Waals surface area contributed by atoms with Gasteiger partial charge in [0.15, 0.2) is 0 Å². The number of nitrogens with two attached hydrogens (primary N) is 1. The normalized spacial score (nSPS) is 24.2.